The summed E-state index contributed by atoms with van der Waals surface area (Å²) in [6, 6.07) is 0.609. The number of esters is 1. The third kappa shape index (κ3) is 5.04. The van der Waals surface area contributed by atoms with Crippen molar-refractivity contribution in [1.29, 1.82) is 0 Å². The molecule has 6 heteroatoms. The number of thioether (sulfide) groups is 1. The van der Waals surface area contributed by atoms with Crippen LogP contribution in [0.5, 0.6) is 0 Å². The highest BCUT2D eigenvalue weighted by Gasteiger charge is 2.68. The van der Waals surface area contributed by atoms with Crippen LogP contribution in [0.25, 0.3) is 0 Å². The molecule has 38 heavy (non-hydrogen) atoms. The average Bonchev–Trinajstić information content (AvgIpc) is 3.27. The van der Waals surface area contributed by atoms with Gasteiger partial charge in [-0.25, -0.2) is 0 Å². The van der Waals surface area contributed by atoms with Crippen molar-refractivity contribution in [3.8, 4) is 0 Å². The summed E-state index contributed by atoms with van der Waals surface area (Å²) in [5.74, 6) is 0.569. The molecule has 10 atom stereocenters. The van der Waals surface area contributed by atoms with E-state index in [9.17, 15) is 14.7 Å². The molecule has 0 spiro atoms. The molecule has 4 fully saturated rings. The number of Topliss-reactive ketones (excluding diaryl/α,β-unsaturated/α-hetero) is 1. The molecule has 0 amide bonds. The number of hydrogen-bond donors (Lipinski definition) is 1. The maximum absolute atomic E-state index is 13.6. The van der Waals surface area contributed by atoms with Crippen molar-refractivity contribution >= 4 is 23.5 Å². The van der Waals surface area contributed by atoms with E-state index in [4.69, 9.17) is 4.74 Å². The largest absolute Gasteiger partial charge is 0.461 e. The Bertz CT molecular complexity index is 891. The normalized spacial score (nSPS) is 45.3. The van der Waals surface area contributed by atoms with Crippen LogP contribution >= 0.6 is 11.8 Å². The second-order valence-corrected chi connectivity index (χ2v) is 14.8. The first-order valence-corrected chi connectivity index (χ1v) is 16.4. The van der Waals surface area contributed by atoms with Gasteiger partial charge in [0.15, 0.2) is 0 Å². The predicted octanol–water partition coefficient (Wildman–Crippen LogP) is 6.28. The molecule has 0 aromatic rings. The highest BCUT2D eigenvalue weighted by Crippen LogP contribution is 2.68. The molecule has 2 unspecified atom stereocenters. The summed E-state index contributed by atoms with van der Waals surface area (Å²) < 4.78 is 6.45. The molecule has 4 aliphatic carbocycles. The van der Waals surface area contributed by atoms with Crippen molar-refractivity contribution in [2.75, 3.05) is 18.8 Å². The Hall–Kier alpha value is -0.850. The number of carbonyl (C=O) groups is 2. The van der Waals surface area contributed by atoms with Crippen molar-refractivity contribution < 1.29 is 19.4 Å². The van der Waals surface area contributed by atoms with Gasteiger partial charge < -0.3 is 14.7 Å². The molecule has 216 valence electrons. The van der Waals surface area contributed by atoms with Crippen LogP contribution in [0, 0.1) is 34.0 Å². The van der Waals surface area contributed by atoms with Gasteiger partial charge in [-0.05, 0) is 75.3 Å². The Morgan fingerprint density at radius 2 is 1.89 bits per heavy atom. The van der Waals surface area contributed by atoms with Gasteiger partial charge in [0.05, 0.1) is 11.9 Å². The lowest BCUT2D eigenvalue weighted by atomic mass is 9.44. The topological polar surface area (TPSA) is 66.8 Å². The van der Waals surface area contributed by atoms with Gasteiger partial charge in [-0.2, -0.15) is 0 Å². The molecule has 0 aromatic heterocycles. The number of carbonyl (C=O) groups excluding carboxylic acids is 2. The maximum Gasteiger partial charge on any atom is 0.316 e. The summed E-state index contributed by atoms with van der Waals surface area (Å²) in [5.41, 5.74) is -1.26. The number of ketones is 1. The van der Waals surface area contributed by atoms with Crippen LogP contribution in [0.1, 0.15) is 99.3 Å². The fourth-order valence-electron chi connectivity index (χ4n) is 9.22. The number of aliphatic hydroxyl groups is 1. The Labute approximate surface area is 235 Å². The number of rotatable bonds is 8. The molecule has 5 nitrogen and oxygen atoms in total. The highest BCUT2D eigenvalue weighted by molar-refractivity contribution is 8.00. The molecule has 1 N–H and O–H groups in total. The van der Waals surface area contributed by atoms with Crippen molar-refractivity contribution in [3.05, 3.63) is 12.7 Å². The Morgan fingerprint density at radius 3 is 2.55 bits per heavy atom. The molecule has 0 radical (unpaired) electrons. The van der Waals surface area contributed by atoms with E-state index in [0.29, 0.717) is 35.7 Å². The molecular formula is C32H53NO4S. The summed E-state index contributed by atoms with van der Waals surface area (Å²) in [6.07, 6.45) is 9.45. The van der Waals surface area contributed by atoms with Gasteiger partial charge in [0.2, 0.25) is 0 Å². The zero-order valence-corrected chi connectivity index (χ0v) is 25.7. The summed E-state index contributed by atoms with van der Waals surface area (Å²) >= 11 is 1.76. The van der Waals surface area contributed by atoms with E-state index >= 15 is 0 Å². The van der Waals surface area contributed by atoms with E-state index < -0.39 is 23.0 Å². The molecule has 0 heterocycles. The summed E-state index contributed by atoms with van der Waals surface area (Å²) in [7, 11) is 0. The number of hydrogen-bond acceptors (Lipinski definition) is 6. The summed E-state index contributed by atoms with van der Waals surface area (Å²) in [4.78, 5) is 29.6. The highest BCUT2D eigenvalue weighted by atomic mass is 32.2. The van der Waals surface area contributed by atoms with Crippen LogP contribution in [0.2, 0.25) is 0 Å². The maximum atomic E-state index is 13.6. The third-order valence-electron chi connectivity index (χ3n) is 11.9. The minimum Gasteiger partial charge on any atom is -0.461 e. The molecular weight excluding hydrogens is 494 g/mol. The van der Waals surface area contributed by atoms with Crippen LogP contribution in [-0.4, -0.2) is 64.1 Å². The predicted molar refractivity (Wildman–Crippen MR) is 156 cm³/mol. The van der Waals surface area contributed by atoms with Crippen molar-refractivity contribution in [2.24, 2.45) is 34.0 Å². The van der Waals surface area contributed by atoms with E-state index in [0.717, 1.165) is 45.2 Å². The van der Waals surface area contributed by atoms with Gasteiger partial charge in [0.25, 0.3) is 0 Å². The third-order valence-corrected chi connectivity index (χ3v) is 13.2. The lowest BCUT2D eigenvalue weighted by Gasteiger charge is -2.61. The van der Waals surface area contributed by atoms with E-state index in [1.165, 1.54) is 12.8 Å². The van der Waals surface area contributed by atoms with E-state index in [1.54, 1.807) is 11.8 Å². The van der Waals surface area contributed by atoms with Gasteiger partial charge in [-0.1, -0.05) is 54.0 Å². The van der Waals surface area contributed by atoms with Crippen molar-refractivity contribution in [1.82, 2.24) is 4.90 Å². The van der Waals surface area contributed by atoms with Gasteiger partial charge in [0.1, 0.15) is 11.9 Å². The van der Waals surface area contributed by atoms with E-state index in [-0.39, 0.29) is 29.1 Å². The van der Waals surface area contributed by atoms with Gasteiger partial charge in [-0.15, -0.1) is 18.3 Å². The van der Waals surface area contributed by atoms with E-state index in [2.05, 4.69) is 53.0 Å². The number of nitrogens with zero attached hydrogens (tertiary/aromatic N) is 1. The standard InChI is InChI=1S/C32H53NO4S/c1-8-30(6)19-26(37-27(35)20-38-24-13-11-12-23(18-24)33(9-2)10-3)31(7)21(4)14-16-32(22(5)29(30)36)17-15-25(34)28(31)32/h8,21-24,26,28-29,36H,1,9-20H2,2-7H3/t21-,22+,23?,24?,26-,28+,29+,30-,31+,32+/m1/s1. The van der Waals surface area contributed by atoms with E-state index in [1.807, 2.05) is 6.08 Å². The zero-order valence-electron chi connectivity index (χ0n) is 24.8. The molecule has 4 rings (SSSR count). The van der Waals surface area contributed by atoms with Crippen LogP contribution in [0.4, 0.5) is 0 Å². The smallest absolute Gasteiger partial charge is 0.316 e. The Balaban J connectivity index is 1.55. The minimum atomic E-state index is -0.624. The molecule has 0 saturated heterocycles. The Morgan fingerprint density at radius 1 is 1.18 bits per heavy atom. The summed E-state index contributed by atoms with van der Waals surface area (Å²) in [5, 5.41) is 12.2. The SMILES string of the molecule is C=C[C@]1(C)C[C@@H](OC(=O)CSC2CCCC(N(CC)CC)C2)[C@]2(C)[C@H](C)CC[C@]3(CCC(=O)[C@H]32)[C@@H](C)[C@@H]1O. The average molecular weight is 548 g/mol. The van der Waals surface area contributed by atoms with Crippen LogP contribution in [0.15, 0.2) is 12.7 Å². The molecule has 0 aliphatic heterocycles. The molecule has 4 saturated carbocycles. The minimum absolute atomic E-state index is 0.00830. The van der Waals surface area contributed by atoms with Gasteiger partial charge in [-0.3, -0.25) is 9.59 Å². The van der Waals surface area contributed by atoms with Gasteiger partial charge in [0, 0.05) is 34.5 Å². The fraction of sp³-hybridized carbons (Fsp3) is 0.875. The number of ether oxygens (including phenoxy) is 1. The second kappa shape index (κ2) is 11.6. The number of aliphatic hydroxyl groups excluding tert-OH is 1. The first-order chi connectivity index (χ1) is 18.0. The quantitative estimate of drug-likeness (QED) is 0.285. The monoisotopic (exact) mass is 547 g/mol. The van der Waals surface area contributed by atoms with Gasteiger partial charge >= 0.3 is 5.97 Å². The zero-order chi connectivity index (χ0) is 27.9. The van der Waals surface area contributed by atoms with Crippen molar-refractivity contribution in [3.63, 3.8) is 0 Å². The lowest BCUT2D eigenvalue weighted by Crippen LogP contribution is -2.63. The van der Waals surface area contributed by atoms with Crippen LogP contribution < -0.4 is 0 Å². The first kappa shape index (κ1) is 30.1. The lowest BCUT2D eigenvalue weighted by molar-refractivity contribution is -0.205. The summed E-state index contributed by atoms with van der Waals surface area (Å²) in [6.45, 7) is 19.4. The first-order valence-electron chi connectivity index (χ1n) is 15.4. The molecule has 0 aromatic carbocycles. The van der Waals surface area contributed by atoms with Crippen LogP contribution in [-0.2, 0) is 14.3 Å². The Kier molecular flexibility index (Phi) is 9.16. The van der Waals surface area contributed by atoms with Crippen LogP contribution in [0.3, 0.4) is 0 Å². The molecule has 2 bridgehead atoms. The molecule has 4 aliphatic rings. The van der Waals surface area contributed by atoms with Crippen molar-refractivity contribution in [2.45, 2.75) is 123 Å². The fourth-order valence-corrected chi connectivity index (χ4v) is 10.4. The second-order valence-electron chi connectivity index (χ2n) is 13.5.